The van der Waals surface area contributed by atoms with Crippen molar-refractivity contribution in [2.75, 3.05) is 13.1 Å². The molecule has 144 valence electrons. The Morgan fingerprint density at radius 1 is 0.815 bits per heavy atom. The Labute approximate surface area is 155 Å². The van der Waals surface area contributed by atoms with Crippen LogP contribution in [0.15, 0.2) is 0 Å². The fourth-order valence-electron chi connectivity index (χ4n) is 3.94. The SMILES string of the molecule is N#CC1CCC2CN1C(=O)N2OS(=O)(=O)ON1C(=O)N2CC1CCC2C#N. The van der Waals surface area contributed by atoms with Crippen LogP contribution in [0.1, 0.15) is 25.7 Å². The summed E-state index contributed by atoms with van der Waals surface area (Å²) in [5, 5.41) is 19.5. The first-order valence-corrected chi connectivity index (χ1v) is 9.81. The standard InChI is InChI=1S/C14H16N6O6S/c15-5-9-1-3-11-7-17(9)13(21)19(11)25-27(23,24)26-20-12-4-2-10(6-16)18(8-12)14(20)22/h9-12H,1-4,7-8H2. The van der Waals surface area contributed by atoms with Crippen molar-refractivity contribution in [3.8, 4) is 12.1 Å². The maximum atomic E-state index is 12.3. The van der Waals surface area contributed by atoms with Gasteiger partial charge in [0.1, 0.15) is 12.1 Å². The zero-order chi connectivity index (χ0) is 19.3. The molecular weight excluding hydrogens is 380 g/mol. The Balaban J connectivity index is 1.46. The second-order valence-corrected chi connectivity index (χ2v) is 7.95. The van der Waals surface area contributed by atoms with Gasteiger partial charge in [-0.05, 0) is 25.7 Å². The van der Waals surface area contributed by atoms with Gasteiger partial charge in [0.2, 0.25) is 0 Å². The van der Waals surface area contributed by atoms with Crippen LogP contribution in [0.2, 0.25) is 0 Å². The van der Waals surface area contributed by atoms with Crippen molar-refractivity contribution in [1.82, 2.24) is 19.9 Å². The summed E-state index contributed by atoms with van der Waals surface area (Å²) < 4.78 is 34.3. The second kappa shape index (κ2) is 6.23. The lowest BCUT2D eigenvalue weighted by Crippen LogP contribution is -2.41. The van der Waals surface area contributed by atoms with E-state index in [0.29, 0.717) is 35.8 Å². The van der Waals surface area contributed by atoms with Gasteiger partial charge in [-0.15, -0.1) is 8.57 Å². The number of amides is 4. The molecule has 0 aliphatic carbocycles. The summed E-state index contributed by atoms with van der Waals surface area (Å²) in [6.45, 7) is 0.380. The molecule has 12 nitrogen and oxygen atoms in total. The molecule has 4 heterocycles. The molecule has 0 spiro atoms. The Kier molecular flexibility index (Phi) is 4.10. The molecule has 0 aromatic rings. The lowest BCUT2D eigenvalue weighted by molar-refractivity contribution is -0.0841. The molecule has 0 radical (unpaired) electrons. The van der Waals surface area contributed by atoms with Crippen LogP contribution >= 0.6 is 0 Å². The van der Waals surface area contributed by atoms with E-state index in [0.717, 1.165) is 0 Å². The first kappa shape index (κ1) is 17.8. The van der Waals surface area contributed by atoms with Gasteiger partial charge in [-0.2, -0.15) is 29.1 Å². The van der Waals surface area contributed by atoms with E-state index < -0.39 is 46.6 Å². The summed E-state index contributed by atoms with van der Waals surface area (Å²) in [5.74, 6) is 0. The number of carbonyl (C=O) groups excluding carboxylic acids is 2. The number of carbonyl (C=O) groups is 2. The van der Waals surface area contributed by atoms with Crippen LogP contribution in [0.4, 0.5) is 9.59 Å². The number of urea groups is 2. The van der Waals surface area contributed by atoms with Crippen molar-refractivity contribution in [3.63, 3.8) is 0 Å². The summed E-state index contributed by atoms with van der Waals surface area (Å²) in [4.78, 5) is 27.2. The van der Waals surface area contributed by atoms with Gasteiger partial charge in [-0.1, -0.05) is 0 Å². The second-order valence-electron chi connectivity index (χ2n) is 6.83. The van der Waals surface area contributed by atoms with Crippen LogP contribution in [-0.4, -0.2) is 77.7 Å². The Morgan fingerprint density at radius 2 is 1.22 bits per heavy atom. The zero-order valence-electron chi connectivity index (χ0n) is 14.1. The van der Waals surface area contributed by atoms with E-state index in [9.17, 15) is 18.0 Å². The predicted octanol–water partition coefficient (Wildman–Crippen LogP) is -0.321. The minimum atomic E-state index is -4.75. The number of rotatable bonds is 4. The lowest BCUT2D eigenvalue weighted by Gasteiger charge is -2.25. The largest absolute Gasteiger partial charge is 0.442 e. The normalized spacial score (nSPS) is 32.7. The number of fused-ring (bicyclic) bond motifs is 4. The highest BCUT2D eigenvalue weighted by Crippen LogP contribution is 2.33. The summed E-state index contributed by atoms with van der Waals surface area (Å²) in [5.41, 5.74) is 0. The third-order valence-electron chi connectivity index (χ3n) is 5.29. The average molecular weight is 396 g/mol. The van der Waals surface area contributed by atoms with E-state index in [2.05, 4.69) is 0 Å². The number of nitrogens with zero attached hydrogens (tertiary/aromatic N) is 6. The van der Waals surface area contributed by atoms with E-state index >= 15 is 0 Å². The van der Waals surface area contributed by atoms with Crippen LogP contribution in [0, 0.1) is 22.7 Å². The van der Waals surface area contributed by atoms with Gasteiger partial charge in [0.05, 0.1) is 24.2 Å². The van der Waals surface area contributed by atoms with Gasteiger partial charge in [-0.25, -0.2) is 9.59 Å². The fraction of sp³-hybridized carbons (Fsp3) is 0.714. The fourth-order valence-corrected chi connectivity index (χ4v) is 4.73. The summed E-state index contributed by atoms with van der Waals surface area (Å²) in [7, 11) is -4.75. The Morgan fingerprint density at radius 3 is 1.59 bits per heavy atom. The van der Waals surface area contributed by atoms with Gasteiger partial charge in [-0.3, -0.25) is 0 Å². The predicted molar refractivity (Wildman–Crippen MR) is 83.8 cm³/mol. The van der Waals surface area contributed by atoms with Crippen LogP contribution in [0.5, 0.6) is 0 Å². The number of piperidine rings is 2. The third kappa shape index (κ3) is 2.84. The van der Waals surface area contributed by atoms with Gasteiger partial charge in [0, 0.05) is 13.1 Å². The minimum Gasteiger partial charge on any atom is -0.305 e. The maximum Gasteiger partial charge on any atom is 0.442 e. The van der Waals surface area contributed by atoms with Crippen molar-refractivity contribution in [3.05, 3.63) is 0 Å². The van der Waals surface area contributed by atoms with Gasteiger partial charge < -0.3 is 9.80 Å². The lowest BCUT2D eigenvalue weighted by atomic mass is 10.0. The molecule has 4 atom stereocenters. The first-order valence-electron chi connectivity index (χ1n) is 8.47. The molecule has 4 amide bonds. The molecule has 4 fully saturated rings. The van der Waals surface area contributed by atoms with Crippen LogP contribution < -0.4 is 0 Å². The van der Waals surface area contributed by atoms with Crippen LogP contribution in [0.25, 0.3) is 0 Å². The van der Waals surface area contributed by atoms with Crippen LogP contribution in [-0.2, 0) is 19.0 Å². The molecule has 4 aliphatic rings. The van der Waals surface area contributed by atoms with E-state index in [1.54, 1.807) is 0 Å². The highest BCUT2D eigenvalue weighted by Gasteiger charge is 2.50. The molecule has 4 unspecified atom stereocenters. The highest BCUT2D eigenvalue weighted by atomic mass is 32.3. The van der Waals surface area contributed by atoms with Crippen molar-refractivity contribution in [2.24, 2.45) is 0 Å². The summed E-state index contributed by atoms with van der Waals surface area (Å²) >= 11 is 0. The van der Waals surface area contributed by atoms with E-state index in [-0.39, 0.29) is 13.1 Å². The average Bonchev–Trinajstić information content (AvgIpc) is 3.03. The Bertz CT molecular complexity index is 800. The van der Waals surface area contributed by atoms with Crippen molar-refractivity contribution in [1.29, 1.82) is 10.5 Å². The van der Waals surface area contributed by atoms with Crippen LogP contribution in [0.3, 0.4) is 0 Å². The molecule has 4 bridgehead atoms. The molecule has 4 aliphatic heterocycles. The molecule has 0 aromatic heterocycles. The topological polar surface area (TPSA) is 147 Å². The molecule has 4 saturated heterocycles. The minimum absolute atomic E-state index is 0.190. The summed E-state index contributed by atoms with van der Waals surface area (Å²) in [6.07, 6.45) is 1.67. The molecule has 0 saturated carbocycles. The monoisotopic (exact) mass is 396 g/mol. The molecule has 13 heteroatoms. The van der Waals surface area contributed by atoms with Gasteiger partial charge in [0.15, 0.2) is 0 Å². The zero-order valence-corrected chi connectivity index (χ0v) is 14.9. The molecule has 0 aromatic carbocycles. The van der Waals surface area contributed by atoms with Gasteiger partial charge >= 0.3 is 22.5 Å². The van der Waals surface area contributed by atoms with Gasteiger partial charge in [0.25, 0.3) is 0 Å². The van der Waals surface area contributed by atoms with E-state index in [1.807, 2.05) is 12.1 Å². The van der Waals surface area contributed by atoms with Crippen molar-refractivity contribution >= 4 is 22.5 Å². The number of hydrogen-bond donors (Lipinski definition) is 0. The number of hydroxylamine groups is 4. The molecule has 0 N–H and O–H groups in total. The molecule has 27 heavy (non-hydrogen) atoms. The smallest absolute Gasteiger partial charge is 0.305 e. The summed E-state index contributed by atoms with van der Waals surface area (Å²) in [6, 6.07) is 0.278. The van der Waals surface area contributed by atoms with Crippen molar-refractivity contribution in [2.45, 2.75) is 49.9 Å². The quantitative estimate of drug-likeness (QED) is 0.628. The van der Waals surface area contributed by atoms with E-state index in [1.165, 1.54) is 9.80 Å². The first-order chi connectivity index (χ1) is 12.8. The molecular formula is C14H16N6O6S. The molecule has 4 rings (SSSR count). The Hall–Kier alpha value is -2.61. The van der Waals surface area contributed by atoms with Crippen molar-refractivity contribution < 1.29 is 26.6 Å². The maximum absolute atomic E-state index is 12.3. The number of hydrogen-bond acceptors (Lipinski definition) is 8. The van der Waals surface area contributed by atoms with E-state index in [4.69, 9.17) is 19.1 Å². The third-order valence-corrected chi connectivity index (χ3v) is 5.97. The number of nitriles is 2. The highest BCUT2D eigenvalue weighted by molar-refractivity contribution is 7.81.